The Morgan fingerprint density at radius 3 is 0.737 bits per heavy atom. The minimum atomic E-state index is 0.263. The fourth-order valence-electron chi connectivity index (χ4n) is 5.55. The lowest BCUT2D eigenvalue weighted by Crippen LogP contribution is -2.39. The highest BCUT2D eigenvalue weighted by molar-refractivity contribution is 5.25. The number of hydrogen-bond acceptors (Lipinski definition) is 4. The molecule has 0 aromatic heterocycles. The lowest BCUT2D eigenvalue weighted by atomic mass is 9.93. The lowest BCUT2D eigenvalue weighted by Gasteiger charge is -2.30. The van der Waals surface area contributed by atoms with Crippen LogP contribution in [0.5, 0.6) is 0 Å². The van der Waals surface area contributed by atoms with Crippen LogP contribution in [-0.2, 0) is 0 Å². The molecule has 4 N–H and O–H groups in total. The predicted molar refractivity (Wildman–Crippen MR) is 158 cm³/mol. The molecule has 0 saturated carbocycles. The molecule has 1 aliphatic rings. The summed E-state index contributed by atoms with van der Waals surface area (Å²) in [6.45, 7) is 3.59. The third-order valence-corrected chi connectivity index (χ3v) is 7.56. The van der Waals surface area contributed by atoms with Crippen molar-refractivity contribution in [2.45, 2.75) is 37.0 Å². The van der Waals surface area contributed by atoms with Gasteiger partial charge < -0.3 is 21.3 Å². The highest BCUT2D eigenvalue weighted by atomic mass is 15.0. The Morgan fingerprint density at radius 2 is 0.526 bits per heavy atom. The number of rotatable bonds is 4. The second-order valence-electron chi connectivity index (χ2n) is 10.1. The van der Waals surface area contributed by atoms with Gasteiger partial charge in [0.25, 0.3) is 0 Å². The van der Waals surface area contributed by atoms with Gasteiger partial charge >= 0.3 is 0 Å². The van der Waals surface area contributed by atoms with E-state index in [0.717, 1.165) is 39.0 Å². The Balaban J connectivity index is 1.39. The summed E-state index contributed by atoms with van der Waals surface area (Å²) in [6, 6.07) is 44.6. The molecule has 0 radical (unpaired) electrons. The van der Waals surface area contributed by atoms with Crippen LogP contribution in [0.2, 0.25) is 0 Å². The Hall–Kier alpha value is -3.28. The van der Waals surface area contributed by atoms with Crippen LogP contribution in [0.15, 0.2) is 121 Å². The van der Waals surface area contributed by atoms with Gasteiger partial charge in [-0.25, -0.2) is 0 Å². The largest absolute Gasteiger partial charge is 0.309 e. The summed E-state index contributed by atoms with van der Waals surface area (Å²) >= 11 is 0. The van der Waals surface area contributed by atoms with E-state index in [1.54, 1.807) is 0 Å². The molecule has 5 rings (SSSR count). The first-order chi connectivity index (χ1) is 18.9. The van der Waals surface area contributed by atoms with E-state index in [4.69, 9.17) is 0 Å². The van der Waals surface area contributed by atoms with Crippen molar-refractivity contribution in [1.29, 1.82) is 0 Å². The zero-order valence-corrected chi connectivity index (χ0v) is 22.1. The zero-order chi connectivity index (χ0) is 25.8. The predicted octanol–water partition coefficient (Wildman–Crippen LogP) is 6.10. The van der Waals surface area contributed by atoms with E-state index in [9.17, 15) is 0 Å². The van der Waals surface area contributed by atoms with Gasteiger partial charge in [-0.2, -0.15) is 0 Å². The SMILES string of the molecule is c1ccc(C2CC(c3ccccc3)NCCNC(c3ccccc3)CC(c3ccccc3)NCCN2)cc1. The van der Waals surface area contributed by atoms with Crippen LogP contribution in [0.1, 0.15) is 59.3 Å². The van der Waals surface area contributed by atoms with Crippen molar-refractivity contribution in [3.63, 3.8) is 0 Å². The monoisotopic (exact) mass is 504 g/mol. The molecule has 1 aliphatic heterocycles. The van der Waals surface area contributed by atoms with Crippen LogP contribution < -0.4 is 21.3 Å². The normalized spacial score (nSPS) is 23.8. The second kappa shape index (κ2) is 14.0. The standard InChI is InChI=1S/C34H40N4/c1-5-13-27(14-6-1)31-25-32(28-15-7-2-8-16-28)36-23-24-38-34(30-19-11-4-12-20-30)26-33(37-22-21-35-31)29-17-9-3-10-18-29/h1-20,31-38H,21-26H2. The summed E-state index contributed by atoms with van der Waals surface area (Å²) in [5.74, 6) is 0. The van der Waals surface area contributed by atoms with Gasteiger partial charge in [-0.15, -0.1) is 0 Å². The van der Waals surface area contributed by atoms with Crippen LogP contribution in [0.3, 0.4) is 0 Å². The highest BCUT2D eigenvalue weighted by Crippen LogP contribution is 2.29. The van der Waals surface area contributed by atoms with E-state index >= 15 is 0 Å². The van der Waals surface area contributed by atoms with E-state index in [0.29, 0.717) is 0 Å². The van der Waals surface area contributed by atoms with Crippen molar-refractivity contribution < 1.29 is 0 Å². The lowest BCUT2D eigenvalue weighted by molar-refractivity contribution is 0.361. The molecule has 4 nitrogen and oxygen atoms in total. The quantitative estimate of drug-likeness (QED) is 0.271. The number of benzene rings is 4. The topological polar surface area (TPSA) is 48.1 Å². The molecule has 1 saturated heterocycles. The average Bonchev–Trinajstić information content (AvgIpc) is 2.99. The van der Waals surface area contributed by atoms with Crippen molar-refractivity contribution in [2.75, 3.05) is 26.2 Å². The molecule has 1 fully saturated rings. The number of hydrogen-bond donors (Lipinski definition) is 4. The molecule has 4 heteroatoms. The highest BCUT2D eigenvalue weighted by Gasteiger charge is 2.22. The van der Waals surface area contributed by atoms with Gasteiger partial charge in [-0.05, 0) is 35.1 Å². The summed E-state index contributed by atoms with van der Waals surface area (Å²) < 4.78 is 0. The van der Waals surface area contributed by atoms with Crippen molar-refractivity contribution >= 4 is 0 Å². The van der Waals surface area contributed by atoms with E-state index in [2.05, 4.69) is 143 Å². The smallest absolute Gasteiger partial charge is 0.0338 e. The molecular formula is C34H40N4. The van der Waals surface area contributed by atoms with Gasteiger partial charge in [0.05, 0.1) is 0 Å². The van der Waals surface area contributed by atoms with Crippen molar-refractivity contribution in [3.05, 3.63) is 144 Å². The molecule has 0 aliphatic carbocycles. The first-order valence-corrected chi connectivity index (χ1v) is 14.0. The van der Waals surface area contributed by atoms with Crippen LogP contribution in [-0.4, -0.2) is 26.2 Å². The Morgan fingerprint density at radius 1 is 0.316 bits per heavy atom. The Bertz CT molecular complexity index is 992. The van der Waals surface area contributed by atoms with E-state index in [1.165, 1.54) is 22.3 Å². The second-order valence-corrected chi connectivity index (χ2v) is 10.1. The van der Waals surface area contributed by atoms with Crippen molar-refractivity contribution in [2.24, 2.45) is 0 Å². The molecule has 4 unspecified atom stereocenters. The summed E-state index contributed by atoms with van der Waals surface area (Å²) in [6.07, 6.45) is 1.97. The minimum Gasteiger partial charge on any atom is -0.309 e. The molecular weight excluding hydrogens is 464 g/mol. The first-order valence-electron chi connectivity index (χ1n) is 14.0. The summed E-state index contributed by atoms with van der Waals surface area (Å²) in [7, 11) is 0. The summed E-state index contributed by atoms with van der Waals surface area (Å²) in [5, 5.41) is 15.5. The van der Waals surface area contributed by atoms with Gasteiger partial charge in [0, 0.05) is 50.3 Å². The maximum absolute atomic E-state index is 3.89. The van der Waals surface area contributed by atoms with Crippen LogP contribution >= 0.6 is 0 Å². The molecule has 0 bridgehead atoms. The fraction of sp³-hybridized carbons (Fsp3) is 0.294. The van der Waals surface area contributed by atoms with Crippen molar-refractivity contribution in [1.82, 2.24) is 21.3 Å². The van der Waals surface area contributed by atoms with Gasteiger partial charge in [0.1, 0.15) is 0 Å². The fourth-order valence-corrected chi connectivity index (χ4v) is 5.55. The van der Waals surface area contributed by atoms with Crippen molar-refractivity contribution in [3.8, 4) is 0 Å². The molecule has 4 aromatic carbocycles. The molecule has 0 spiro atoms. The Labute approximate surface area is 227 Å². The zero-order valence-electron chi connectivity index (χ0n) is 22.1. The third kappa shape index (κ3) is 7.40. The molecule has 4 atom stereocenters. The van der Waals surface area contributed by atoms with Crippen LogP contribution in [0.25, 0.3) is 0 Å². The molecule has 38 heavy (non-hydrogen) atoms. The molecule has 4 aromatic rings. The summed E-state index contributed by atoms with van der Waals surface area (Å²) in [5.41, 5.74) is 5.35. The van der Waals surface area contributed by atoms with Gasteiger partial charge in [-0.1, -0.05) is 121 Å². The van der Waals surface area contributed by atoms with Gasteiger partial charge in [-0.3, -0.25) is 0 Å². The van der Waals surface area contributed by atoms with Gasteiger partial charge in [0.15, 0.2) is 0 Å². The first kappa shape index (κ1) is 26.3. The maximum atomic E-state index is 3.89. The molecule has 196 valence electrons. The van der Waals surface area contributed by atoms with E-state index in [-0.39, 0.29) is 24.2 Å². The summed E-state index contributed by atoms with van der Waals surface area (Å²) in [4.78, 5) is 0. The molecule has 1 heterocycles. The van der Waals surface area contributed by atoms with E-state index in [1.807, 2.05) is 0 Å². The van der Waals surface area contributed by atoms with Crippen LogP contribution in [0.4, 0.5) is 0 Å². The minimum absolute atomic E-state index is 0.263. The molecule has 0 amide bonds. The Kier molecular flexibility index (Phi) is 9.72. The van der Waals surface area contributed by atoms with Gasteiger partial charge in [0.2, 0.25) is 0 Å². The average molecular weight is 505 g/mol. The van der Waals surface area contributed by atoms with E-state index < -0.39 is 0 Å². The van der Waals surface area contributed by atoms with Crippen LogP contribution in [0, 0.1) is 0 Å². The number of nitrogens with one attached hydrogen (secondary N) is 4. The maximum Gasteiger partial charge on any atom is 0.0338 e. The third-order valence-electron chi connectivity index (χ3n) is 7.56.